The maximum atomic E-state index is 13.2. The Morgan fingerprint density at radius 3 is 2.63 bits per heavy atom. The Morgan fingerprint density at radius 2 is 1.87 bits per heavy atom. The smallest absolute Gasteiger partial charge is 0.330 e. The van der Waals surface area contributed by atoms with Crippen LogP contribution in [-0.4, -0.2) is 45.5 Å². The summed E-state index contributed by atoms with van der Waals surface area (Å²) >= 11 is 7.10. The van der Waals surface area contributed by atoms with Crippen LogP contribution in [0.5, 0.6) is 5.88 Å². The maximum absolute atomic E-state index is 13.2. The summed E-state index contributed by atoms with van der Waals surface area (Å²) in [5, 5.41) is 13.7. The van der Waals surface area contributed by atoms with Gasteiger partial charge in [0.25, 0.3) is 11.5 Å². The lowest BCUT2D eigenvalue weighted by Crippen LogP contribution is -2.40. The van der Waals surface area contributed by atoms with Gasteiger partial charge in [0.2, 0.25) is 5.88 Å². The molecular weight excluding hydrogens is 608 g/mol. The largest absolute Gasteiger partial charge is 0.510 e. The number of amides is 1. The number of ether oxygens (including phenoxy) is 2. The molecule has 1 aliphatic heterocycles. The highest BCUT2D eigenvalue weighted by Gasteiger charge is 2.31. The number of fused-ring (bicyclic) bond motifs is 1. The van der Waals surface area contributed by atoms with E-state index >= 15 is 0 Å². The van der Waals surface area contributed by atoms with Gasteiger partial charge in [-0.25, -0.2) is 9.78 Å². The molecule has 0 fully saturated rings. The van der Waals surface area contributed by atoms with Gasteiger partial charge in [-0.05, 0) is 72.9 Å². The third kappa shape index (κ3) is 5.63. The first kappa shape index (κ1) is 31.3. The number of hydrogen-bond donors (Lipinski definition) is 2. The third-order valence-corrected chi connectivity index (χ3v) is 9.41. The number of rotatable bonds is 7. The second-order valence-corrected chi connectivity index (χ2v) is 12.2. The van der Waals surface area contributed by atoms with Crippen molar-refractivity contribution in [2.24, 2.45) is 14.1 Å². The Morgan fingerprint density at radius 1 is 1.13 bits per heavy atom. The molecule has 6 rings (SSSR count). The molecule has 0 radical (unpaired) electrons. The van der Waals surface area contributed by atoms with Gasteiger partial charge in [-0.15, -0.1) is 0 Å². The molecule has 2 aliphatic rings. The molecule has 2 aromatic heterocycles. The zero-order valence-corrected chi connectivity index (χ0v) is 26.9. The molecule has 0 unspecified atom stereocenters. The molecule has 2 aromatic carbocycles. The van der Waals surface area contributed by atoms with Crippen molar-refractivity contribution in [2.45, 2.75) is 38.5 Å². The van der Waals surface area contributed by atoms with Crippen LogP contribution in [0, 0.1) is 6.92 Å². The van der Waals surface area contributed by atoms with Crippen molar-refractivity contribution in [1.29, 1.82) is 0 Å². The highest BCUT2D eigenvalue weighted by Crippen LogP contribution is 2.46. The minimum atomic E-state index is -0.674. The highest BCUT2D eigenvalue weighted by molar-refractivity contribution is 6.36. The standard InChI is InChI=1S/C35H35ClN4O6/c1-19-23(7-6-10-27(19)37-32(42)26-17-39(2)35(44)40(3)34(26)43)24-8-5-9-25(31(24)36)28-16-22-12-11-21(30(22)33(38-28)45-4)15-20-13-14-46-18-29(20)41/h5-10,16-17,21,41H,11-15,18H2,1-4H3,(H,37,42)/t21-/m0/s1. The fraction of sp³-hybridized carbons (Fsp3) is 0.314. The molecule has 4 aromatic rings. The highest BCUT2D eigenvalue weighted by atomic mass is 35.5. The average Bonchev–Trinajstić information content (AvgIpc) is 3.46. The Kier molecular flexibility index (Phi) is 8.59. The fourth-order valence-electron chi connectivity index (χ4n) is 6.48. The lowest BCUT2D eigenvalue weighted by atomic mass is 9.91. The SMILES string of the molecule is COc1nc(-c2cccc(-c3cccc(NC(=O)c4cn(C)c(=O)n(C)c4=O)c3C)c2Cl)cc2c1[C@H](CC1=C(O)COCC1)CC2. The number of aromatic nitrogens is 3. The van der Waals surface area contributed by atoms with E-state index in [-0.39, 0.29) is 18.1 Å². The summed E-state index contributed by atoms with van der Waals surface area (Å²) in [4.78, 5) is 42.8. The van der Waals surface area contributed by atoms with E-state index in [2.05, 4.69) is 11.4 Å². The van der Waals surface area contributed by atoms with Gasteiger partial charge >= 0.3 is 5.69 Å². The van der Waals surface area contributed by atoms with E-state index in [1.54, 1.807) is 13.2 Å². The normalized spacial score (nSPS) is 16.0. The van der Waals surface area contributed by atoms with Crippen LogP contribution in [0.15, 0.2) is 69.6 Å². The van der Waals surface area contributed by atoms with Crippen LogP contribution in [0.25, 0.3) is 22.4 Å². The number of aryl methyl sites for hydroxylation is 2. The molecule has 0 bridgehead atoms. The molecule has 1 amide bonds. The van der Waals surface area contributed by atoms with Crippen LogP contribution in [-0.2, 0) is 25.3 Å². The zero-order chi connectivity index (χ0) is 32.7. The van der Waals surface area contributed by atoms with Crippen LogP contribution in [0.3, 0.4) is 0 Å². The van der Waals surface area contributed by atoms with Crippen molar-refractivity contribution >= 4 is 23.2 Å². The molecule has 0 saturated heterocycles. The number of carbonyl (C=O) groups is 1. The molecule has 0 saturated carbocycles. The quantitative estimate of drug-likeness (QED) is 0.265. The molecule has 1 atom stereocenters. The number of anilines is 1. The molecule has 238 valence electrons. The predicted molar refractivity (Wildman–Crippen MR) is 177 cm³/mol. The van der Waals surface area contributed by atoms with Gasteiger partial charge in [0, 0.05) is 42.7 Å². The number of aliphatic hydroxyl groups excluding tert-OH is 1. The van der Waals surface area contributed by atoms with E-state index in [1.165, 1.54) is 24.9 Å². The van der Waals surface area contributed by atoms with E-state index in [1.807, 2.05) is 37.3 Å². The zero-order valence-electron chi connectivity index (χ0n) is 26.1. The van der Waals surface area contributed by atoms with Crippen LogP contribution in [0.4, 0.5) is 5.69 Å². The molecular formula is C35H35ClN4O6. The number of aliphatic hydroxyl groups is 1. The van der Waals surface area contributed by atoms with Gasteiger partial charge in [0.1, 0.15) is 17.9 Å². The third-order valence-electron chi connectivity index (χ3n) is 9.00. The lowest BCUT2D eigenvalue weighted by Gasteiger charge is -2.21. The predicted octanol–water partition coefficient (Wildman–Crippen LogP) is 5.69. The van der Waals surface area contributed by atoms with Crippen LogP contribution < -0.4 is 21.3 Å². The summed E-state index contributed by atoms with van der Waals surface area (Å²) in [7, 11) is 4.45. The van der Waals surface area contributed by atoms with Crippen molar-refractivity contribution in [3.63, 3.8) is 0 Å². The number of halogens is 1. The minimum absolute atomic E-state index is 0.144. The molecule has 3 heterocycles. The van der Waals surface area contributed by atoms with Crippen molar-refractivity contribution in [3.8, 4) is 28.3 Å². The van der Waals surface area contributed by atoms with Crippen molar-refractivity contribution in [1.82, 2.24) is 14.1 Å². The molecule has 1 aliphatic carbocycles. The fourth-order valence-corrected chi connectivity index (χ4v) is 6.80. The summed E-state index contributed by atoms with van der Waals surface area (Å²) in [5.74, 6) is 0.480. The van der Waals surface area contributed by atoms with Crippen LogP contribution in [0.1, 0.15) is 52.2 Å². The number of carbonyl (C=O) groups excluding carboxylic acids is 1. The number of hydrogen-bond acceptors (Lipinski definition) is 7. The molecule has 2 N–H and O–H groups in total. The van der Waals surface area contributed by atoms with Gasteiger partial charge in [0.15, 0.2) is 0 Å². The topological polar surface area (TPSA) is 125 Å². The Bertz CT molecular complexity index is 2030. The summed E-state index contributed by atoms with van der Waals surface area (Å²) < 4.78 is 13.3. The van der Waals surface area contributed by atoms with Gasteiger partial charge in [-0.2, -0.15) is 0 Å². The second kappa shape index (κ2) is 12.6. The molecule has 46 heavy (non-hydrogen) atoms. The summed E-state index contributed by atoms with van der Waals surface area (Å²) in [6, 6.07) is 13.3. The van der Waals surface area contributed by atoms with Crippen molar-refractivity contribution in [2.75, 3.05) is 25.6 Å². The van der Waals surface area contributed by atoms with Crippen molar-refractivity contribution < 1.29 is 19.4 Å². The van der Waals surface area contributed by atoms with Crippen LogP contribution in [0.2, 0.25) is 5.02 Å². The molecule has 11 heteroatoms. The summed E-state index contributed by atoms with van der Waals surface area (Å²) in [6.07, 6.45) is 4.52. The average molecular weight is 643 g/mol. The lowest BCUT2D eigenvalue weighted by molar-refractivity contribution is 0.102. The van der Waals surface area contributed by atoms with Gasteiger partial charge in [-0.1, -0.05) is 41.9 Å². The number of pyridine rings is 1. The van der Waals surface area contributed by atoms with Gasteiger partial charge < -0.3 is 24.5 Å². The second-order valence-electron chi connectivity index (χ2n) is 11.8. The van der Waals surface area contributed by atoms with E-state index in [0.29, 0.717) is 34.6 Å². The molecule has 10 nitrogen and oxygen atoms in total. The van der Waals surface area contributed by atoms with E-state index < -0.39 is 17.2 Å². The number of methoxy groups -OCH3 is 1. The number of nitrogens with zero attached hydrogens (tertiary/aromatic N) is 3. The van der Waals surface area contributed by atoms with E-state index in [0.717, 1.165) is 69.2 Å². The van der Waals surface area contributed by atoms with Gasteiger partial charge in [0.05, 0.1) is 24.4 Å². The van der Waals surface area contributed by atoms with Gasteiger partial charge in [-0.3, -0.25) is 14.2 Å². The number of nitrogens with one attached hydrogen (secondary N) is 1. The maximum Gasteiger partial charge on any atom is 0.330 e. The Balaban J connectivity index is 1.33. The molecule has 0 spiro atoms. The first-order chi connectivity index (χ1) is 22.1. The van der Waals surface area contributed by atoms with Crippen molar-refractivity contribution in [3.05, 3.63) is 108 Å². The first-order valence-electron chi connectivity index (χ1n) is 15.1. The summed E-state index contributed by atoms with van der Waals surface area (Å²) in [5.41, 5.74) is 6.21. The van der Waals surface area contributed by atoms with E-state index in [4.69, 9.17) is 26.1 Å². The minimum Gasteiger partial charge on any atom is -0.510 e. The monoisotopic (exact) mass is 642 g/mol. The first-order valence-corrected chi connectivity index (χ1v) is 15.5. The number of benzene rings is 2. The van der Waals surface area contributed by atoms with Crippen LogP contribution >= 0.6 is 11.6 Å². The Labute approximate surface area is 270 Å². The van der Waals surface area contributed by atoms with E-state index in [9.17, 15) is 19.5 Å². The Hall–Kier alpha value is -4.67. The summed E-state index contributed by atoms with van der Waals surface area (Å²) in [6.45, 7) is 2.75.